The van der Waals surface area contributed by atoms with Crippen LogP contribution in [0.1, 0.15) is 47.4 Å². The summed E-state index contributed by atoms with van der Waals surface area (Å²) in [5, 5.41) is 6.97. The first kappa shape index (κ1) is 17.7. The molecule has 132 valence electrons. The highest BCUT2D eigenvalue weighted by Gasteiger charge is 2.17. The molecule has 1 aliphatic rings. The van der Waals surface area contributed by atoms with E-state index in [0.717, 1.165) is 30.5 Å². The molecule has 0 radical (unpaired) electrons. The molecule has 0 bridgehead atoms. The lowest BCUT2D eigenvalue weighted by Crippen LogP contribution is -2.27. The Hall–Kier alpha value is -2.14. The smallest absolute Gasteiger partial charge is 0.270 e. The number of nitrogens with zero attached hydrogens (tertiary/aromatic N) is 2. The summed E-state index contributed by atoms with van der Waals surface area (Å²) in [6.45, 7) is 2.41. The molecule has 1 amide bonds. The zero-order chi connectivity index (χ0) is 17.6. The van der Waals surface area contributed by atoms with Gasteiger partial charge in [-0.1, -0.05) is 36.6 Å². The Labute approximate surface area is 153 Å². The van der Waals surface area contributed by atoms with E-state index >= 15 is 0 Å². The van der Waals surface area contributed by atoms with Gasteiger partial charge in [0.1, 0.15) is 5.69 Å². The molecule has 1 fully saturated rings. The van der Waals surface area contributed by atoms with Crippen LogP contribution in [-0.2, 0) is 6.42 Å². The first-order chi connectivity index (χ1) is 12.1. The molecule has 1 aromatic heterocycles. The third-order valence-corrected chi connectivity index (χ3v) is 4.60. The van der Waals surface area contributed by atoms with E-state index in [9.17, 15) is 4.79 Å². The van der Waals surface area contributed by atoms with E-state index in [4.69, 9.17) is 11.6 Å². The summed E-state index contributed by atoms with van der Waals surface area (Å²) in [6, 6.07) is 9.79. The number of hydrogen-bond donors (Lipinski definition) is 2. The molecule has 6 heteroatoms. The number of anilines is 1. The molecule has 0 aliphatic heterocycles. The molecule has 1 aromatic carbocycles. The Bertz CT molecular complexity index is 744. The molecule has 0 spiro atoms. The largest absolute Gasteiger partial charge is 0.351 e. The van der Waals surface area contributed by atoms with Gasteiger partial charge in [0.2, 0.25) is 5.95 Å². The average molecular weight is 359 g/mol. The molecule has 1 heterocycles. The summed E-state index contributed by atoms with van der Waals surface area (Å²) in [5.41, 5.74) is 2.28. The third kappa shape index (κ3) is 5.16. The van der Waals surface area contributed by atoms with Crippen LogP contribution in [0.2, 0.25) is 5.02 Å². The second-order valence-corrected chi connectivity index (χ2v) is 6.92. The maximum Gasteiger partial charge on any atom is 0.270 e. The van der Waals surface area contributed by atoms with Crippen LogP contribution in [0, 0.1) is 6.92 Å². The van der Waals surface area contributed by atoms with Crippen LogP contribution in [0.3, 0.4) is 0 Å². The zero-order valence-corrected chi connectivity index (χ0v) is 15.1. The van der Waals surface area contributed by atoms with Gasteiger partial charge in [-0.05, 0) is 49.9 Å². The van der Waals surface area contributed by atoms with Crippen molar-refractivity contribution in [3.63, 3.8) is 0 Å². The maximum absolute atomic E-state index is 12.4. The first-order valence-electron chi connectivity index (χ1n) is 8.75. The lowest BCUT2D eigenvalue weighted by molar-refractivity contribution is 0.0949. The van der Waals surface area contributed by atoms with E-state index < -0.39 is 0 Å². The van der Waals surface area contributed by atoms with E-state index in [1.165, 1.54) is 12.8 Å². The molecular formula is C19H23ClN4O. The van der Waals surface area contributed by atoms with Crippen molar-refractivity contribution in [3.8, 4) is 0 Å². The summed E-state index contributed by atoms with van der Waals surface area (Å²) < 4.78 is 0. The highest BCUT2D eigenvalue weighted by atomic mass is 35.5. The van der Waals surface area contributed by atoms with Gasteiger partial charge in [-0.15, -0.1) is 0 Å². The third-order valence-electron chi connectivity index (χ3n) is 4.36. The Morgan fingerprint density at radius 2 is 2.04 bits per heavy atom. The van der Waals surface area contributed by atoms with Crippen molar-refractivity contribution in [1.82, 2.24) is 15.3 Å². The number of carbonyl (C=O) groups excluding carboxylic acids is 1. The van der Waals surface area contributed by atoms with Crippen LogP contribution in [0.4, 0.5) is 5.95 Å². The number of halogens is 1. The van der Waals surface area contributed by atoms with Crippen molar-refractivity contribution in [1.29, 1.82) is 0 Å². The highest BCUT2D eigenvalue weighted by Crippen LogP contribution is 2.21. The van der Waals surface area contributed by atoms with Crippen molar-refractivity contribution >= 4 is 23.5 Å². The number of benzene rings is 1. The number of nitrogens with one attached hydrogen (secondary N) is 2. The topological polar surface area (TPSA) is 66.9 Å². The van der Waals surface area contributed by atoms with E-state index in [-0.39, 0.29) is 5.91 Å². The molecular weight excluding hydrogens is 336 g/mol. The summed E-state index contributed by atoms with van der Waals surface area (Å²) in [7, 11) is 0. The van der Waals surface area contributed by atoms with Crippen LogP contribution in [0.15, 0.2) is 30.3 Å². The van der Waals surface area contributed by atoms with E-state index in [2.05, 4.69) is 20.6 Å². The van der Waals surface area contributed by atoms with Crippen molar-refractivity contribution in [2.24, 2.45) is 0 Å². The fraction of sp³-hybridized carbons (Fsp3) is 0.421. The SMILES string of the molecule is Cc1cc(C(=O)NCCc2cccc(Cl)c2)nc(NC2CCCC2)n1. The first-order valence-corrected chi connectivity index (χ1v) is 9.13. The number of aromatic nitrogens is 2. The summed E-state index contributed by atoms with van der Waals surface area (Å²) in [5.74, 6) is 0.369. The fourth-order valence-corrected chi connectivity index (χ4v) is 3.32. The Morgan fingerprint density at radius 3 is 2.80 bits per heavy atom. The zero-order valence-electron chi connectivity index (χ0n) is 14.4. The van der Waals surface area contributed by atoms with Gasteiger partial charge in [0.05, 0.1) is 0 Å². The van der Waals surface area contributed by atoms with E-state index in [1.54, 1.807) is 6.07 Å². The number of carbonyl (C=O) groups is 1. The maximum atomic E-state index is 12.4. The van der Waals surface area contributed by atoms with E-state index in [1.807, 2.05) is 31.2 Å². The van der Waals surface area contributed by atoms with Crippen LogP contribution < -0.4 is 10.6 Å². The van der Waals surface area contributed by atoms with Gasteiger partial charge in [-0.25, -0.2) is 9.97 Å². The number of aryl methyl sites for hydroxylation is 1. The summed E-state index contributed by atoms with van der Waals surface area (Å²) in [6.07, 6.45) is 5.47. The molecule has 2 aromatic rings. The lowest BCUT2D eigenvalue weighted by Gasteiger charge is -2.13. The second-order valence-electron chi connectivity index (χ2n) is 6.48. The Morgan fingerprint density at radius 1 is 1.24 bits per heavy atom. The summed E-state index contributed by atoms with van der Waals surface area (Å²) in [4.78, 5) is 21.2. The molecule has 0 unspecified atom stereocenters. The Kier molecular flexibility index (Phi) is 5.87. The van der Waals surface area contributed by atoms with Crippen molar-refractivity contribution in [3.05, 3.63) is 52.3 Å². The van der Waals surface area contributed by atoms with Crippen molar-refractivity contribution in [2.45, 2.75) is 45.1 Å². The van der Waals surface area contributed by atoms with Gasteiger partial charge in [-0.3, -0.25) is 4.79 Å². The molecule has 0 saturated heterocycles. The highest BCUT2D eigenvalue weighted by molar-refractivity contribution is 6.30. The second kappa shape index (κ2) is 8.30. The molecule has 0 atom stereocenters. The molecule has 3 rings (SSSR count). The molecule has 25 heavy (non-hydrogen) atoms. The minimum Gasteiger partial charge on any atom is -0.351 e. The normalized spacial score (nSPS) is 14.5. The van der Waals surface area contributed by atoms with Crippen LogP contribution in [0.5, 0.6) is 0 Å². The predicted molar refractivity (Wildman–Crippen MR) is 100 cm³/mol. The number of hydrogen-bond acceptors (Lipinski definition) is 4. The van der Waals surface area contributed by atoms with Crippen molar-refractivity contribution < 1.29 is 4.79 Å². The fourth-order valence-electron chi connectivity index (χ4n) is 3.11. The number of rotatable bonds is 6. The van der Waals surface area contributed by atoms with Gasteiger partial charge in [-0.2, -0.15) is 0 Å². The van der Waals surface area contributed by atoms with Gasteiger partial charge in [0.25, 0.3) is 5.91 Å². The molecule has 5 nitrogen and oxygen atoms in total. The predicted octanol–water partition coefficient (Wildman–Crippen LogP) is 3.77. The standard InChI is InChI=1S/C19H23ClN4O/c1-13-11-17(24-19(22-13)23-16-7-2-3-8-16)18(25)21-10-9-14-5-4-6-15(20)12-14/h4-6,11-12,16H,2-3,7-10H2,1H3,(H,21,25)(H,22,23,24). The Balaban J connectivity index is 1.58. The monoisotopic (exact) mass is 358 g/mol. The van der Waals surface area contributed by atoms with Gasteiger partial charge in [0.15, 0.2) is 0 Å². The molecule has 1 saturated carbocycles. The minimum atomic E-state index is -0.179. The van der Waals surface area contributed by atoms with E-state index in [0.29, 0.717) is 29.3 Å². The van der Waals surface area contributed by atoms with Crippen LogP contribution >= 0.6 is 11.6 Å². The number of amides is 1. The quantitative estimate of drug-likeness (QED) is 0.825. The van der Waals surface area contributed by atoms with Gasteiger partial charge >= 0.3 is 0 Å². The van der Waals surface area contributed by atoms with Gasteiger partial charge < -0.3 is 10.6 Å². The lowest BCUT2D eigenvalue weighted by atomic mass is 10.1. The van der Waals surface area contributed by atoms with Crippen LogP contribution in [-0.4, -0.2) is 28.5 Å². The summed E-state index contributed by atoms with van der Waals surface area (Å²) >= 11 is 5.98. The molecule has 2 N–H and O–H groups in total. The van der Waals surface area contributed by atoms with Crippen LogP contribution in [0.25, 0.3) is 0 Å². The van der Waals surface area contributed by atoms with Crippen molar-refractivity contribution in [2.75, 3.05) is 11.9 Å². The minimum absolute atomic E-state index is 0.179. The van der Waals surface area contributed by atoms with Gasteiger partial charge in [0, 0.05) is 23.3 Å². The average Bonchev–Trinajstić information content (AvgIpc) is 3.07. The molecule has 1 aliphatic carbocycles.